The number of carbonyl (C=O) groups excluding carboxylic acids is 1. The molecule has 1 N–H and O–H groups in total. The van der Waals surface area contributed by atoms with Crippen LogP contribution in [0.15, 0.2) is 48.5 Å². The van der Waals surface area contributed by atoms with Gasteiger partial charge in [0.2, 0.25) is 15.9 Å². The van der Waals surface area contributed by atoms with E-state index in [4.69, 9.17) is 4.74 Å². The first-order valence-corrected chi connectivity index (χ1v) is 10.8. The Labute approximate surface area is 165 Å². The highest BCUT2D eigenvalue weighted by molar-refractivity contribution is 7.92. The van der Waals surface area contributed by atoms with Crippen LogP contribution in [-0.2, 0) is 21.2 Å². The van der Waals surface area contributed by atoms with Gasteiger partial charge < -0.3 is 10.1 Å². The molecule has 6 nitrogen and oxygen atoms in total. The van der Waals surface area contributed by atoms with Crippen LogP contribution in [0.1, 0.15) is 18.9 Å². The summed E-state index contributed by atoms with van der Waals surface area (Å²) in [5.74, 6) is -0.422. The molecule has 0 aliphatic carbocycles. The number of nitrogens with zero attached hydrogens (tertiary/aromatic N) is 1. The first-order valence-electron chi connectivity index (χ1n) is 8.92. The highest BCUT2D eigenvalue weighted by Crippen LogP contribution is 2.25. The second kappa shape index (κ2) is 9.54. The molecular weight excluding hydrogens is 383 g/mol. The van der Waals surface area contributed by atoms with E-state index < -0.39 is 27.8 Å². The van der Waals surface area contributed by atoms with Crippen LogP contribution in [0.5, 0.6) is 5.75 Å². The molecule has 1 unspecified atom stereocenters. The Bertz CT molecular complexity index is 901. The Balaban J connectivity index is 2.12. The quantitative estimate of drug-likeness (QED) is 0.692. The van der Waals surface area contributed by atoms with Crippen LogP contribution in [0.25, 0.3) is 0 Å². The highest BCUT2D eigenvalue weighted by atomic mass is 32.2. The SMILES string of the molecule is CCC(C(=O)NCCc1ccc(OC)cc1)N(c1ccccc1F)S(C)(=O)=O. The third-order valence-corrected chi connectivity index (χ3v) is 5.46. The van der Waals surface area contributed by atoms with Gasteiger partial charge in [0.25, 0.3) is 0 Å². The number of sulfonamides is 1. The predicted octanol–water partition coefficient (Wildman–Crippen LogP) is 2.74. The van der Waals surface area contributed by atoms with Gasteiger partial charge in [-0.3, -0.25) is 9.10 Å². The van der Waals surface area contributed by atoms with Gasteiger partial charge in [-0.25, -0.2) is 12.8 Å². The Hall–Kier alpha value is -2.61. The van der Waals surface area contributed by atoms with Crippen LogP contribution in [0.4, 0.5) is 10.1 Å². The normalized spacial score (nSPS) is 12.3. The van der Waals surface area contributed by atoms with E-state index in [0.29, 0.717) is 13.0 Å². The van der Waals surface area contributed by atoms with Crippen LogP contribution in [0.2, 0.25) is 0 Å². The van der Waals surface area contributed by atoms with Crippen LogP contribution in [0, 0.1) is 5.82 Å². The lowest BCUT2D eigenvalue weighted by atomic mass is 10.1. The Morgan fingerprint density at radius 1 is 1.18 bits per heavy atom. The zero-order valence-electron chi connectivity index (χ0n) is 16.2. The molecule has 0 aliphatic rings. The number of benzene rings is 2. The molecule has 0 heterocycles. The molecule has 2 aromatic carbocycles. The van der Waals surface area contributed by atoms with Crippen molar-refractivity contribution in [1.29, 1.82) is 0 Å². The number of methoxy groups -OCH3 is 1. The maximum absolute atomic E-state index is 14.2. The van der Waals surface area contributed by atoms with Crippen LogP contribution in [-0.4, -0.2) is 40.3 Å². The van der Waals surface area contributed by atoms with Crippen molar-refractivity contribution in [3.05, 3.63) is 59.9 Å². The molecule has 0 aliphatic heterocycles. The number of halogens is 1. The van der Waals surface area contributed by atoms with Crippen molar-refractivity contribution in [3.63, 3.8) is 0 Å². The van der Waals surface area contributed by atoms with E-state index in [1.807, 2.05) is 24.3 Å². The summed E-state index contributed by atoms with van der Waals surface area (Å²) < 4.78 is 44.8. The third kappa shape index (κ3) is 5.45. The van der Waals surface area contributed by atoms with E-state index in [9.17, 15) is 17.6 Å². The summed E-state index contributed by atoms with van der Waals surface area (Å²) in [6, 6.07) is 11.9. The van der Waals surface area contributed by atoms with Gasteiger partial charge in [-0.1, -0.05) is 31.2 Å². The smallest absolute Gasteiger partial charge is 0.243 e. The van der Waals surface area contributed by atoms with Gasteiger partial charge >= 0.3 is 0 Å². The van der Waals surface area contributed by atoms with Crippen LogP contribution in [0.3, 0.4) is 0 Å². The van der Waals surface area contributed by atoms with Crippen molar-refractivity contribution in [1.82, 2.24) is 5.32 Å². The summed E-state index contributed by atoms with van der Waals surface area (Å²) in [6.07, 6.45) is 1.74. The molecule has 0 saturated carbocycles. The zero-order valence-corrected chi connectivity index (χ0v) is 17.0. The molecule has 2 rings (SSSR count). The van der Waals surface area contributed by atoms with E-state index in [1.165, 1.54) is 24.3 Å². The zero-order chi connectivity index (χ0) is 20.7. The van der Waals surface area contributed by atoms with Crippen LogP contribution < -0.4 is 14.4 Å². The van der Waals surface area contributed by atoms with E-state index in [2.05, 4.69) is 5.32 Å². The molecule has 28 heavy (non-hydrogen) atoms. The lowest BCUT2D eigenvalue weighted by Gasteiger charge is -2.30. The number of ether oxygens (including phenoxy) is 1. The topological polar surface area (TPSA) is 75.7 Å². The van der Waals surface area contributed by atoms with Gasteiger partial charge in [0.05, 0.1) is 19.1 Å². The van der Waals surface area contributed by atoms with Gasteiger partial charge in [0.15, 0.2) is 0 Å². The Morgan fingerprint density at radius 2 is 1.82 bits per heavy atom. The fraction of sp³-hybridized carbons (Fsp3) is 0.350. The summed E-state index contributed by atoms with van der Waals surface area (Å²) in [5.41, 5.74) is 0.866. The maximum Gasteiger partial charge on any atom is 0.243 e. The fourth-order valence-corrected chi connectivity index (χ4v) is 4.12. The molecular formula is C20H25FN2O4S. The first kappa shape index (κ1) is 21.7. The van der Waals surface area contributed by atoms with E-state index >= 15 is 0 Å². The monoisotopic (exact) mass is 408 g/mol. The number of rotatable bonds is 9. The maximum atomic E-state index is 14.2. The standard InChI is InChI=1S/C20H25FN2O4S/c1-4-18(23(28(3,25)26)19-8-6-5-7-17(19)21)20(24)22-14-13-15-9-11-16(27-2)12-10-15/h5-12,18H,4,13-14H2,1-3H3,(H,22,24). The fourth-order valence-electron chi connectivity index (χ4n) is 2.91. The summed E-state index contributed by atoms with van der Waals surface area (Å²) in [7, 11) is -2.28. The van der Waals surface area contributed by atoms with Gasteiger partial charge in [-0.05, 0) is 42.7 Å². The minimum atomic E-state index is -3.86. The first-order chi connectivity index (χ1) is 13.3. The number of anilines is 1. The minimum Gasteiger partial charge on any atom is -0.497 e. The highest BCUT2D eigenvalue weighted by Gasteiger charge is 2.32. The lowest BCUT2D eigenvalue weighted by Crippen LogP contribution is -2.50. The second-order valence-electron chi connectivity index (χ2n) is 6.32. The van der Waals surface area contributed by atoms with Crippen molar-refractivity contribution >= 4 is 21.6 Å². The number of hydrogen-bond acceptors (Lipinski definition) is 4. The number of amides is 1. The molecule has 0 radical (unpaired) electrons. The van der Waals surface area contributed by atoms with E-state index in [0.717, 1.165) is 21.9 Å². The molecule has 1 amide bonds. The van der Waals surface area contributed by atoms with Gasteiger partial charge in [-0.2, -0.15) is 0 Å². The molecule has 0 spiro atoms. The molecule has 2 aromatic rings. The van der Waals surface area contributed by atoms with E-state index in [-0.39, 0.29) is 12.1 Å². The molecule has 0 saturated heterocycles. The number of nitrogens with one attached hydrogen (secondary N) is 1. The lowest BCUT2D eigenvalue weighted by molar-refractivity contribution is -0.122. The average Bonchev–Trinajstić information content (AvgIpc) is 2.66. The van der Waals surface area contributed by atoms with Crippen molar-refractivity contribution < 1.29 is 22.3 Å². The molecule has 0 aromatic heterocycles. The van der Waals surface area contributed by atoms with E-state index in [1.54, 1.807) is 14.0 Å². The van der Waals surface area contributed by atoms with Gasteiger partial charge in [-0.15, -0.1) is 0 Å². The second-order valence-corrected chi connectivity index (χ2v) is 8.18. The largest absolute Gasteiger partial charge is 0.497 e. The Kier molecular flexibility index (Phi) is 7.39. The Morgan fingerprint density at radius 3 is 2.36 bits per heavy atom. The molecule has 0 bridgehead atoms. The summed E-state index contributed by atoms with van der Waals surface area (Å²) in [4.78, 5) is 12.7. The molecule has 0 fully saturated rings. The average molecular weight is 408 g/mol. The molecule has 1 atom stereocenters. The van der Waals surface area contributed by atoms with Crippen molar-refractivity contribution in [2.75, 3.05) is 24.2 Å². The van der Waals surface area contributed by atoms with Crippen molar-refractivity contribution in [3.8, 4) is 5.75 Å². The number of hydrogen-bond donors (Lipinski definition) is 1. The summed E-state index contributed by atoms with van der Waals surface area (Å²) in [5, 5.41) is 2.75. The number of carbonyl (C=O) groups is 1. The summed E-state index contributed by atoms with van der Waals surface area (Å²) in [6.45, 7) is 2.02. The van der Waals surface area contributed by atoms with Crippen molar-refractivity contribution in [2.24, 2.45) is 0 Å². The minimum absolute atomic E-state index is 0.137. The van der Waals surface area contributed by atoms with Gasteiger partial charge in [0.1, 0.15) is 17.6 Å². The van der Waals surface area contributed by atoms with Crippen molar-refractivity contribution in [2.45, 2.75) is 25.8 Å². The summed E-state index contributed by atoms with van der Waals surface area (Å²) >= 11 is 0. The molecule has 152 valence electrons. The third-order valence-electron chi connectivity index (χ3n) is 4.29. The van der Waals surface area contributed by atoms with Crippen LogP contribution >= 0.6 is 0 Å². The predicted molar refractivity (Wildman–Crippen MR) is 108 cm³/mol. The number of para-hydroxylation sites is 1. The van der Waals surface area contributed by atoms with Gasteiger partial charge in [0, 0.05) is 6.54 Å². The molecule has 8 heteroatoms.